The Morgan fingerprint density at radius 2 is 1.88 bits per heavy atom. The second-order valence-electron chi connectivity index (χ2n) is 7.88. The van der Waals surface area contributed by atoms with Gasteiger partial charge in [0.2, 0.25) is 9.76 Å². The van der Waals surface area contributed by atoms with Gasteiger partial charge in [-0.15, -0.1) is 0 Å². The standard InChI is InChI=1S/C19H28O4Si/c1-18(2,3)24-23-19(4,5)15-11-13(7-10-16(15)21-6)12-22-17(20)14-8-9-14/h7,10-11,14H,8-9,12H2,1-6H3. The van der Waals surface area contributed by atoms with Crippen LogP contribution in [-0.2, 0) is 26.2 Å². The number of rotatable bonds is 7. The molecule has 1 saturated carbocycles. The number of ether oxygens (including phenoxy) is 2. The molecular weight excluding hydrogens is 320 g/mol. The Hall–Kier alpha value is -1.33. The fourth-order valence-corrected chi connectivity index (χ4v) is 2.91. The van der Waals surface area contributed by atoms with Gasteiger partial charge in [0.25, 0.3) is 0 Å². The van der Waals surface area contributed by atoms with Gasteiger partial charge in [-0.25, -0.2) is 0 Å². The van der Waals surface area contributed by atoms with E-state index < -0.39 is 5.60 Å². The molecule has 1 aliphatic carbocycles. The number of methoxy groups -OCH3 is 1. The van der Waals surface area contributed by atoms with Crippen LogP contribution in [0.25, 0.3) is 0 Å². The number of carbonyl (C=O) groups is 1. The van der Waals surface area contributed by atoms with E-state index in [0.29, 0.717) is 16.4 Å². The maximum atomic E-state index is 11.7. The highest BCUT2D eigenvalue weighted by molar-refractivity contribution is 6.31. The first-order valence-electron chi connectivity index (χ1n) is 8.41. The van der Waals surface area contributed by atoms with Gasteiger partial charge in [0.05, 0.1) is 18.6 Å². The summed E-state index contributed by atoms with van der Waals surface area (Å²) in [5.41, 5.74) is 1.45. The maximum Gasteiger partial charge on any atom is 0.309 e. The smallest absolute Gasteiger partial charge is 0.309 e. The highest BCUT2D eigenvalue weighted by Gasteiger charge is 2.32. The van der Waals surface area contributed by atoms with E-state index in [-0.39, 0.29) is 16.9 Å². The van der Waals surface area contributed by atoms with Gasteiger partial charge in [-0.05, 0) is 49.4 Å². The molecular formula is C19H28O4Si. The monoisotopic (exact) mass is 348 g/mol. The van der Waals surface area contributed by atoms with Crippen LogP contribution in [0, 0.1) is 5.92 Å². The summed E-state index contributed by atoms with van der Waals surface area (Å²) in [7, 11) is 2.03. The van der Waals surface area contributed by atoms with Gasteiger partial charge in [0.15, 0.2) is 0 Å². The third-order valence-corrected chi connectivity index (χ3v) is 5.04. The Morgan fingerprint density at radius 3 is 2.42 bits per heavy atom. The van der Waals surface area contributed by atoms with E-state index >= 15 is 0 Å². The lowest BCUT2D eigenvalue weighted by Gasteiger charge is -2.31. The van der Waals surface area contributed by atoms with Crippen LogP contribution in [0.1, 0.15) is 58.6 Å². The van der Waals surface area contributed by atoms with E-state index in [1.54, 1.807) is 7.11 Å². The molecule has 0 N–H and O–H groups in total. The number of esters is 1. The summed E-state index contributed by atoms with van der Waals surface area (Å²) in [4.78, 5) is 11.7. The zero-order chi connectivity index (χ0) is 18.0. The van der Waals surface area contributed by atoms with Crippen molar-refractivity contribution in [1.82, 2.24) is 0 Å². The first-order valence-corrected chi connectivity index (χ1v) is 9.32. The van der Waals surface area contributed by atoms with Gasteiger partial charge in [0.1, 0.15) is 12.4 Å². The lowest BCUT2D eigenvalue weighted by Crippen LogP contribution is -2.28. The number of hydrogen-bond acceptors (Lipinski definition) is 4. The van der Waals surface area contributed by atoms with Crippen LogP contribution < -0.4 is 4.74 Å². The minimum absolute atomic E-state index is 0.0860. The first-order chi connectivity index (χ1) is 11.1. The second kappa shape index (κ2) is 7.27. The fourth-order valence-electron chi connectivity index (χ4n) is 2.24. The molecule has 132 valence electrons. The molecule has 0 heterocycles. The quantitative estimate of drug-likeness (QED) is 0.546. The molecule has 0 aliphatic heterocycles. The Labute approximate surface area is 147 Å². The molecule has 24 heavy (non-hydrogen) atoms. The van der Waals surface area contributed by atoms with Crippen LogP contribution in [0.5, 0.6) is 5.75 Å². The average molecular weight is 349 g/mol. The molecule has 5 heteroatoms. The van der Waals surface area contributed by atoms with Crippen molar-refractivity contribution in [3.63, 3.8) is 0 Å². The largest absolute Gasteiger partial charge is 0.496 e. The molecule has 0 aromatic heterocycles. The molecule has 1 fully saturated rings. The van der Waals surface area contributed by atoms with Crippen LogP contribution in [0.3, 0.4) is 0 Å². The Balaban J connectivity index is 2.13. The summed E-state index contributed by atoms with van der Waals surface area (Å²) >= 11 is 0. The molecule has 1 aliphatic rings. The summed E-state index contributed by atoms with van der Waals surface area (Å²) in [5, 5.41) is 0.113. The van der Waals surface area contributed by atoms with Crippen LogP contribution in [0.4, 0.5) is 0 Å². The Bertz CT molecular complexity index is 586. The molecule has 0 unspecified atom stereocenters. The van der Waals surface area contributed by atoms with E-state index in [2.05, 4.69) is 20.8 Å². The normalized spacial score (nSPS) is 15.2. The lowest BCUT2D eigenvalue weighted by atomic mass is 9.95. The molecule has 4 nitrogen and oxygen atoms in total. The zero-order valence-electron chi connectivity index (χ0n) is 15.6. The lowest BCUT2D eigenvalue weighted by molar-refractivity contribution is -0.146. The van der Waals surface area contributed by atoms with Crippen molar-refractivity contribution in [2.45, 2.75) is 64.7 Å². The third kappa shape index (κ3) is 5.35. The van der Waals surface area contributed by atoms with Gasteiger partial charge in [0, 0.05) is 5.56 Å². The summed E-state index contributed by atoms with van der Waals surface area (Å²) < 4.78 is 17.1. The van der Waals surface area contributed by atoms with E-state index in [1.807, 2.05) is 32.0 Å². The van der Waals surface area contributed by atoms with Crippen LogP contribution in [0.15, 0.2) is 18.2 Å². The summed E-state index contributed by atoms with van der Waals surface area (Å²) in [6, 6.07) is 5.87. The fraction of sp³-hybridized carbons (Fsp3) is 0.632. The molecule has 1 aromatic rings. The van der Waals surface area contributed by atoms with Gasteiger partial charge in [-0.1, -0.05) is 26.8 Å². The van der Waals surface area contributed by atoms with Gasteiger partial charge >= 0.3 is 5.97 Å². The van der Waals surface area contributed by atoms with Crippen LogP contribution in [-0.4, -0.2) is 22.8 Å². The number of carbonyl (C=O) groups excluding carboxylic acids is 1. The first kappa shape index (κ1) is 19.0. The molecule has 2 radical (unpaired) electrons. The van der Waals surface area contributed by atoms with Crippen molar-refractivity contribution >= 4 is 15.7 Å². The van der Waals surface area contributed by atoms with Crippen molar-refractivity contribution in [2.24, 2.45) is 5.92 Å². The molecule has 0 spiro atoms. The predicted octanol–water partition coefficient (Wildman–Crippen LogP) is 4.24. The third-order valence-electron chi connectivity index (χ3n) is 3.82. The van der Waals surface area contributed by atoms with Gasteiger partial charge < -0.3 is 13.9 Å². The number of hydrogen-bond donors (Lipinski definition) is 0. The maximum absolute atomic E-state index is 11.7. The summed E-state index contributed by atoms with van der Waals surface area (Å²) in [5.74, 6) is 0.823. The van der Waals surface area contributed by atoms with Crippen molar-refractivity contribution in [1.29, 1.82) is 0 Å². The predicted molar refractivity (Wildman–Crippen MR) is 95.1 cm³/mol. The van der Waals surface area contributed by atoms with E-state index in [0.717, 1.165) is 29.7 Å². The van der Waals surface area contributed by atoms with Crippen LogP contribution >= 0.6 is 0 Å². The average Bonchev–Trinajstić information content (AvgIpc) is 3.34. The molecule has 0 atom stereocenters. The van der Waals surface area contributed by atoms with Crippen LogP contribution in [0.2, 0.25) is 5.04 Å². The highest BCUT2D eigenvalue weighted by Crippen LogP contribution is 2.36. The Kier molecular flexibility index (Phi) is 5.76. The minimum atomic E-state index is -0.479. The van der Waals surface area contributed by atoms with E-state index in [1.165, 1.54) is 0 Å². The van der Waals surface area contributed by atoms with Crippen molar-refractivity contribution in [2.75, 3.05) is 7.11 Å². The van der Waals surface area contributed by atoms with Gasteiger partial charge in [-0.2, -0.15) is 0 Å². The Morgan fingerprint density at radius 1 is 1.21 bits per heavy atom. The SMILES string of the molecule is COc1ccc(COC(=O)C2CC2)cc1C(C)(C)O[Si]C(C)(C)C. The topological polar surface area (TPSA) is 44.8 Å². The van der Waals surface area contributed by atoms with E-state index in [4.69, 9.17) is 13.9 Å². The molecule has 0 bridgehead atoms. The molecule has 0 saturated heterocycles. The zero-order valence-corrected chi connectivity index (χ0v) is 16.6. The second-order valence-corrected chi connectivity index (χ2v) is 9.79. The molecule has 1 aromatic carbocycles. The number of benzene rings is 1. The summed E-state index contributed by atoms with van der Waals surface area (Å²) in [6.07, 6.45) is 1.92. The summed E-state index contributed by atoms with van der Waals surface area (Å²) in [6.45, 7) is 10.9. The molecule has 0 amide bonds. The van der Waals surface area contributed by atoms with Crippen molar-refractivity contribution < 1.29 is 18.7 Å². The molecule has 2 rings (SSSR count). The highest BCUT2D eigenvalue weighted by atomic mass is 28.2. The van der Waals surface area contributed by atoms with Crippen molar-refractivity contribution in [3.8, 4) is 5.75 Å². The minimum Gasteiger partial charge on any atom is -0.496 e. The van der Waals surface area contributed by atoms with Gasteiger partial charge in [-0.3, -0.25) is 4.79 Å². The van der Waals surface area contributed by atoms with E-state index in [9.17, 15) is 4.79 Å². The van der Waals surface area contributed by atoms with Crippen molar-refractivity contribution in [3.05, 3.63) is 29.3 Å².